The van der Waals surface area contributed by atoms with Gasteiger partial charge in [-0.15, -0.1) is 23.1 Å². The predicted molar refractivity (Wildman–Crippen MR) is 89.1 cm³/mol. The SMILES string of the molecule is C[C@@H]1CCc2nc(NC(=O)CSc3ccc(F)cc3)sc2C1. The normalized spacial score (nSPS) is 17.1. The van der Waals surface area contributed by atoms with Crippen LogP contribution in [-0.4, -0.2) is 16.6 Å². The summed E-state index contributed by atoms with van der Waals surface area (Å²) in [4.78, 5) is 18.7. The Morgan fingerprint density at radius 1 is 1.45 bits per heavy atom. The minimum Gasteiger partial charge on any atom is -0.301 e. The lowest BCUT2D eigenvalue weighted by molar-refractivity contribution is -0.113. The number of fused-ring (bicyclic) bond motifs is 1. The topological polar surface area (TPSA) is 42.0 Å². The van der Waals surface area contributed by atoms with E-state index in [9.17, 15) is 9.18 Å². The van der Waals surface area contributed by atoms with Crippen LogP contribution in [0.1, 0.15) is 23.9 Å². The van der Waals surface area contributed by atoms with Gasteiger partial charge in [-0.3, -0.25) is 4.79 Å². The molecule has 3 rings (SSSR count). The number of amides is 1. The molecular formula is C16H17FN2OS2. The molecule has 0 saturated carbocycles. The van der Waals surface area contributed by atoms with Gasteiger partial charge in [-0.25, -0.2) is 9.37 Å². The van der Waals surface area contributed by atoms with Crippen molar-refractivity contribution in [2.75, 3.05) is 11.1 Å². The first kappa shape index (κ1) is 15.5. The fourth-order valence-corrected chi connectivity index (χ4v) is 4.31. The molecule has 0 fully saturated rings. The molecular weight excluding hydrogens is 319 g/mol. The second-order valence-corrected chi connectivity index (χ2v) is 7.66. The molecule has 1 aromatic heterocycles. The zero-order valence-electron chi connectivity index (χ0n) is 12.3. The predicted octanol–water partition coefficient (Wildman–Crippen LogP) is 4.14. The van der Waals surface area contributed by atoms with Crippen LogP contribution in [0.25, 0.3) is 0 Å². The lowest BCUT2D eigenvalue weighted by atomic mass is 9.93. The lowest BCUT2D eigenvalue weighted by Gasteiger charge is -2.15. The number of benzene rings is 1. The van der Waals surface area contributed by atoms with Gasteiger partial charge in [-0.1, -0.05) is 6.92 Å². The van der Waals surface area contributed by atoms with Crippen LogP contribution in [0.3, 0.4) is 0 Å². The van der Waals surface area contributed by atoms with Crippen molar-refractivity contribution in [3.05, 3.63) is 40.7 Å². The van der Waals surface area contributed by atoms with Gasteiger partial charge in [0.05, 0.1) is 11.4 Å². The largest absolute Gasteiger partial charge is 0.301 e. The summed E-state index contributed by atoms with van der Waals surface area (Å²) >= 11 is 2.98. The molecule has 0 spiro atoms. The Bertz CT molecular complexity index is 669. The van der Waals surface area contributed by atoms with E-state index in [2.05, 4.69) is 17.2 Å². The Morgan fingerprint density at radius 3 is 3.00 bits per heavy atom. The summed E-state index contributed by atoms with van der Waals surface area (Å²) in [7, 11) is 0. The number of anilines is 1. The quantitative estimate of drug-likeness (QED) is 0.853. The Morgan fingerprint density at radius 2 is 2.23 bits per heavy atom. The first-order valence-electron chi connectivity index (χ1n) is 7.27. The molecule has 0 aliphatic heterocycles. The highest BCUT2D eigenvalue weighted by Gasteiger charge is 2.20. The number of hydrogen-bond acceptors (Lipinski definition) is 4. The van der Waals surface area contributed by atoms with Gasteiger partial charge in [-0.2, -0.15) is 0 Å². The molecule has 22 heavy (non-hydrogen) atoms. The average molecular weight is 336 g/mol. The van der Waals surface area contributed by atoms with Crippen molar-refractivity contribution in [3.8, 4) is 0 Å². The van der Waals surface area contributed by atoms with Gasteiger partial charge >= 0.3 is 0 Å². The molecule has 0 radical (unpaired) electrons. The third-order valence-corrected chi connectivity index (χ3v) is 5.66. The number of carbonyl (C=O) groups is 1. The monoisotopic (exact) mass is 336 g/mol. The highest BCUT2D eigenvalue weighted by molar-refractivity contribution is 8.00. The van der Waals surface area contributed by atoms with E-state index < -0.39 is 0 Å². The summed E-state index contributed by atoms with van der Waals surface area (Å²) < 4.78 is 12.8. The number of hydrogen-bond donors (Lipinski definition) is 1. The van der Waals surface area contributed by atoms with E-state index in [0.29, 0.717) is 16.8 Å². The van der Waals surface area contributed by atoms with Crippen LogP contribution in [0.15, 0.2) is 29.2 Å². The Labute approximate surface area is 137 Å². The highest BCUT2D eigenvalue weighted by Crippen LogP contribution is 2.32. The molecule has 1 aromatic carbocycles. The van der Waals surface area contributed by atoms with Gasteiger partial charge in [-0.05, 0) is 49.4 Å². The summed E-state index contributed by atoms with van der Waals surface area (Å²) in [5.41, 5.74) is 1.14. The van der Waals surface area contributed by atoms with Crippen LogP contribution in [-0.2, 0) is 17.6 Å². The van der Waals surface area contributed by atoms with E-state index in [-0.39, 0.29) is 11.7 Å². The molecule has 3 nitrogen and oxygen atoms in total. The fourth-order valence-electron chi connectivity index (χ4n) is 2.43. The van der Waals surface area contributed by atoms with Gasteiger partial charge in [0.1, 0.15) is 5.82 Å². The Kier molecular flexibility index (Phi) is 4.78. The van der Waals surface area contributed by atoms with Crippen LogP contribution in [0.4, 0.5) is 9.52 Å². The molecule has 1 heterocycles. The number of nitrogens with one attached hydrogen (secondary N) is 1. The summed E-state index contributed by atoms with van der Waals surface area (Å²) in [6, 6.07) is 6.15. The number of rotatable bonds is 4. The summed E-state index contributed by atoms with van der Waals surface area (Å²) in [6.07, 6.45) is 3.24. The number of carbonyl (C=O) groups excluding carboxylic acids is 1. The fraction of sp³-hybridized carbons (Fsp3) is 0.375. The maximum atomic E-state index is 12.8. The van der Waals surface area contributed by atoms with E-state index >= 15 is 0 Å². The molecule has 1 amide bonds. The van der Waals surface area contributed by atoms with Crippen LogP contribution in [0.5, 0.6) is 0 Å². The van der Waals surface area contributed by atoms with Gasteiger partial charge < -0.3 is 5.32 Å². The van der Waals surface area contributed by atoms with E-state index in [0.717, 1.165) is 23.4 Å². The van der Waals surface area contributed by atoms with Crippen molar-refractivity contribution < 1.29 is 9.18 Å². The van der Waals surface area contributed by atoms with E-state index in [4.69, 9.17) is 0 Å². The first-order valence-corrected chi connectivity index (χ1v) is 9.07. The third-order valence-electron chi connectivity index (χ3n) is 3.62. The van der Waals surface area contributed by atoms with Crippen molar-refractivity contribution in [3.63, 3.8) is 0 Å². The molecule has 116 valence electrons. The van der Waals surface area contributed by atoms with Crippen LogP contribution >= 0.6 is 23.1 Å². The summed E-state index contributed by atoms with van der Waals surface area (Å²) in [5.74, 6) is 0.655. The minimum absolute atomic E-state index is 0.0755. The number of aryl methyl sites for hydroxylation is 1. The van der Waals surface area contributed by atoms with Gasteiger partial charge in [0, 0.05) is 9.77 Å². The molecule has 2 aromatic rings. The van der Waals surface area contributed by atoms with Crippen molar-refractivity contribution in [2.24, 2.45) is 5.92 Å². The van der Waals surface area contributed by atoms with Gasteiger partial charge in [0.15, 0.2) is 5.13 Å². The van der Waals surface area contributed by atoms with Gasteiger partial charge in [0.2, 0.25) is 5.91 Å². The smallest absolute Gasteiger partial charge is 0.236 e. The number of thiazole rings is 1. The summed E-state index contributed by atoms with van der Waals surface area (Å²) in [6.45, 7) is 2.25. The molecule has 1 aliphatic rings. The van der Waals surface area contributed by atoms with Crippen LogP contribution < -0.4 is 5.32 Å². The van der Waals surface area contributed by atoms with Gasteiger partial charge in [0.25, 0.3) is 0 Å². The van der Waals surface area contributed by atoms with Crippen LogP contribution in [0.2, 0.25) is 0 Å². The zero-order valence-corrected chi connectivity index (χ0v) is 13.9. The molecule has 0 bridgehead atoms. The third kappa shape index (κ3) is 3.87. The lowest BCUT2D eigenvalue weighted by Crippen LogP contribution is -2.14. The standard InChI is InChI=1S/C16H17FN2OS2/c1-10-2-7-13-14(8-10)22-16(18-13)19-15(20)9-21-12-5-3-11(17)4-6-12/h3-6,10H,2,7-9H2,1H3,(H,18,19,20)/t10-/m1/s1. The van der Waals surface area contributed by atoms with E-state index in [1.54, 1.807) is 23.5 Å². The molecule has 6 heteroatoms. The summed E-state index contributed by atoms with van der Waals surface area (Å²) in [5, 5.41) is 3.57. The second kappa shape index (κ2) is 6.79. The minimum atomic E-state index is -0.267. The maximum absolute atomic E-state index is 12.8. The first-order chi connectivity index (χ1) is 10.6. The number of nitrogens with zero attached hydrogens (tertiary/aromatic N) is 1. The average Bonchev–Trinajstić information content (AvgIpc) is 2.88. The molecule has 1 atom stereocenters. The zero-order chi connectivity index (χ0) is 15.5. The molecule has 1 aliphatic carbocycles. The van der Waals surface area contributed by atoms with Crippen molar-refractivity contribution >= 4 is 34.1 Å². The second-order valence-electron chi connectivity index (χ2n) is 5.53. The van der Waals surface area contributed by atoms with E-state index in [1.807, 2.05) is 0 Å². The number of aromatic nitrogens is 1. The van der Waals surface area contributed by atoms with Crippen LogP contribution in [0, 0.1) is 11.7 Å². The van der Waals surface area contributed by atoms with E-state index in [1.165, 1.54) is 35.2 Å². The molecule has 0 saturated heterocycles. The Balaban J connectivity index is 1.54. The highest BCUT2D eigenvalue weighted by atomic mass is 32.2. The number of thioether (sulfide) groups is 1. The Hall–Kier alpha value is -1.40. The molecule has 0 unspecified atom stereocenters. The maximum Gasteiger partial charge on any atom is 0.236 e. The van der Waals surface area contributed by atoms with Crippen molar-refractivity contribution in [1.29, 1.82) is 0 Å². The van der Waals surface area contributed by atoms with Crippen molar-refractivity contribution in [1.82, 2.24) is 4.98 Å². The van der Waals surface area contributed by atoms with Crippen molar-refractivity contribution in [2.45, 2.75) is 31.1 Å². The number of halogens is 1. The molecule has 1 N–H and O–H groups in total.